The van der Waals surface area contributed by atoms with Gasteiger partial charge in [0.15, 0.2) is 0 Å². The van der Waals surface area contributed by atoms with Crippen LogP contribution in [0.5, 0.6) is 0 Å². The molecule has 0 atom stereocenters. The van der Waals surface area contributed by atoms with E-state index in [0.29, 0.717) is 0 Å². The maximum Gasteiger partial charge on any atom is 0.136 e. The molecule has 0 saturated carbocycles. The fraction of sp³-hybridized carbons (Fsp3) is 0. The van der Waals surface area contributed by atoms with Crippen LogP contribution < -0.4 is 4.90 Å². The minimum Gasteiger partial charge on any atom is -0.456 e. The van der Waals surface area contributed by atoms with Crippen LogP contribution in [0.2, 0.25) is 0 Å². The third-order valence-electron chi connectivity index (χ3n) is 11.5. The van der Waals surface area contributed by atoms with E-state index in [0.717, 1.165) is 50.1 Å². The summed E-state index contributed by atoms with van der Waals surface area (Å²) in [4.78, 5) is 2.35. The van der Waals surface area contributed by atoms with Crippen LogP contribution in [0.1, 0.15) is 0 Å². The van der Waals surface area contributed by atoms with Crippen LogP contribution in [-0.4, -0.2) is 0 Å². The average Bonchev–Trinajstić information content (AvgIpc) is 3.68. The van der Waals surface area contributed by atoms with E-state index in [2.05, 4.69) is 217 Å². The first-order valence-electron chi connectivity index (χ1n) is 19.8. The zero-order valence-electron chi connectivity index (χ0n) is 31.7. The highest BCUT2D eigenvalue weighted by molar-refractivity contribution is 6.12. The Morgan fingerprint density at radius 1 is 0.259 bits per heavy atom. The van der Waals surface area contributed by atoms with Crippen LogP contribution in [0.3, 0.4) is 0 Å². The predicted molar refractivity (Wildman–Crippen MR) is 245 cm³/mol. The fourth-order valence-electron chi connectivity index (χ4n) is 8.57. The second-order valence-corrected chi connectivity index (χ2v) is 14.9. The lowest BCUT2D eigenvalue weighted by Crippen LogP contribution is -2.10. The van der Waals surface area contributed by atoms with E-state index in [-0.39, 0.29) is 0 Å². The van der Waals surface area contributed by atoms with Crippen LogP contribution in [0.15, 0.2) is 229 Å². The van der Waals surface area contributed by atoms with Gasteiger partial charge in [0.05, 0.1) is 0 Å². The molecule has 0 aliphatic heterocycles. The van der Waals surface area contributed by atoms with E-state index in [1.54, 1.807) is 0 Å². The van der Waals surface area contributed by atoms with Crippen LogP contribution in [0.25, 0.3) is 88.0 Å². The van der Waals surface area contributed by atoms with Crippen molar-refractivity contribution in [2.24, 2.45) is 0 Å². The second-order valence-electron chi connectivity index (χ2n) is 14.9. The molecule has 0 N–H and O–H groups in total. The van der Waals surface area contributed by atoms with Gasteiger partial charge in [-0.3, -0.25) is 0 Å². The van der Waals surface area contributed by atoms with E-state index in [1.807, 2.05) is 12.1 Å². The Bertz CT molecular complexity index is 3270. The van der Waals surface area contributed by atoms with Gasteiger partial charge in [-0.1, -0.05) is 164 Å². The molecule has 11 aromatic rings. The first kappa shape index (κ1) is 33.6. The zero-order chi connectivity index (χ0) is 38.4. The molecule has 0 fully saturated rings. The summed E-state index contributed by atoms with van der Waals surface area (Å²) in [5.41, 5.74) is 14.5. The Hall–Kier alpha value is -7.68. The number of hydrogen-bond acceptors (Lipinski definition) is 2. The van der Waals surface area contributed by atoms with Crippen molar-refractivity contribution in [3.63, 3.8) is 0 Å². The van der Waals surface area contributed by atoms with Crippen molar-refractivity contribution >= 4 is 60.5 Å². The minimum atomic E-state index is 0.893. The molecule has 2 nitrogen and oxygen atoms in total. The Morgan fingerprint density at radius 2 is 0.793 bits per heavy atom. The van der Waals surface area contributed by atoms with Gasteiger partial charge in [-0.25, -0.2) is 0 Å². The number of fused-ring (bicyclic) bond motifs is 6. The maximum atomic E-state index is 6.30. The molecule has 1 heterocycles. The topological polar surface area (TPSA) is 16.4 Å². The lowest BCUT2D eigenvalue weighted by molar-refractivity contribution is 0.669. The van der Waals surface area contributed by atoms with Crippen LogP contribution in [-0.2, 0) is 0 Å². The number of hydrogen-bond donors (Lipinski definition) is 0. The SMILES string of the molecule is c1ccc(-c2cccc(-c3ccc(N(c4ccc(-c5cccc6c5ccc5ccccc56)cc4)c4cccc(-c5ccc6c(c5)oc5ccccc56)c4)cc3)c2)cc1. The van der Waals surface area contributed by atoms with Crippen molar-refractivity contribution < 1.29 is 4.42 Å². The van der Waals surface area contributed by atoms with Gasteiger partial charge in [0.25, 0.3) is 0 Å². The van der Waals surface area contributed by atoms with Gasteiger partial charge in [-0.05, 0) is 127 Å². The molecular weight excluding hydrogens is 703 g/mol. The molecule has 0 unspecified atom stereocenters. The number of rotatable bonds is 7. The van der Waals surface area contributed by atoms with Crippen molar-refractivity contribution in [2.75, 3.05) is 4.90 Å². The first-order chi connectivity index (χ1) is 28.7. The Labute approximate surface area is 337 Å². The fourth-order valence-corrected chi connectivity index (χ4v) is 8.57. The van der Waals surface area contributed by atoms with Crippen molar-refractivity contribution in [1.82, 2.24) is 0 Å². The molecule has 1 aromatic heterocycles. The monoisotopic (exact) mass is 739 g/mol. The molecule has 0 aliphatic carbocycles. The van der Waals surface area contributed by atoms with Gasteiger partial charge in [0.2, 0.25) is 0 Å². The van der Waals surface area contributed by atoms with E-state index in [4.69, 9.17) is 4.42 Å². The molecule has 0 spiro atoms. The molecule has 272 valence electrons. The molecule has 0 aliphatic rings. The normalized spacial score (nSPS) is 11.4. The third kappa shape index (κ3) is 6.00. The molecule has 2 heteroatoms. The summed E-state index contributed by atoms with van der Waals surface area (Å²) in [5, 5.41) is 7.33. The summed E-state index contributed by atoms with van der Waals surface area (Å²) in [7, 11) is 0. The van der Waals surface area contributed by atoms with E-state index in [9.17, 15) is 0 Å². The number of anilines is 3. The summed E-state index contributed by atoms with van der Waals surface area (Å²) in [6, 6.07) is 80.7. The highest BCUT2D eigenvalue weighted by Gasteiger charge is 2.16. The molecular formula is C56H37NO. The highest BCUT2D eigenvalue weighted by atomic mass is 16.3. The summed E-state index contributed by atoms with van der Waals surface area (Å²) in [6.45, 7) is 0. The predicted octanol–water partition coefficient (Wildman–Crippen LogP) is 16.0. The Balaban J connectivity index is 0.998. The van der Waals surface area contributed by atoms with Crippen molar-refractivity contribution in [3.8, 4) is 44.5 Å². The molecule has 0 saturated heterocycles. The van der Waals surface area contributed by atoms with Crippen LogP contribution in [0, 0.1) is 0 Å². The van der Waals surface area contributed by atoms with E-state index >= 15 is 0 Å². The van der Waals surface area contributed by atoms with Gasteiger partial charge in [0, 0.05) is 27.8 Å². The van der Waals surface area contributed by atoms with E-state index < -0.39 is 0 Å². The molecule has 0 bridgehead atoms. The quantitative estimate of drug-likeness (QED) is 0.151. The Kier molecular flexibility index (Phi) is 8.19. The largest absolute Gasteiger partial charge is 0.456 e. The van der Waals surface area contributed by atoms with Gasteiger partial charge < -0.3 is 9.32 Å². The van der Waals surface area contributed by atoms with Crippen molar-refractivity contribution in [2.45, 2.75) is 0 Å². The second kappa shape index (κ2) is 14.1. The maximum absolute atomic E-state index is 6.30. The minimum absolute atomic E-state index is 0.893. The molecule has 10 aromatic carbocycles. The highest BCUT2D eigenvalue weighted by Crippen LogP contribution is 2.41. The van der Waals surface area contributed by atoms with Crippen molar-refractivity contribution in [1.29, 1.82) is 0 Å². The molecule has 0 amide bonds. The number of benzene rings is 10. The Morgan fingerprint density at radius 3 is 1.59 bits per heavy atom. The summed E-state index contributed by atoms with van der Waals surface area (Å²) < 4.78 is 6.30. The zero-order valence-corrected chi connectivity index (χ0v) is 31.7. The first-order valence-corrected chi connectivity index (χ1v) is 19.8. The van der Waals surface area contributed by atoms with Crippen molar-refractivity contribution in [3.05, 3.63) is 224 Å². The average molecular weight is 740 g/mol. The summed E-state index contributed by atoms with van der Waals surface area (Å²) in [5.74, 6) is 0. The summed E-state index contributed by atoms with van der Waals surface area (Å²) >= 11 is 0. The van der Waals surface area contributed by atoms with Gasteiger partial charge >= 0.3 is 0 Å². The molecule has 0 radical (unpaired) electrons. The van der Waals surface area contributed by atoms with Gasteiger partial charge in [0.1, 0.15) is 11.2 Å². The van der Waals surface area contributed by atoms with Gasteiger partial charge in [-0.2, -0.15) is 0 Å². The number of nitrogens with zero attached hydrogens (tertiary/aromatic N) is 1. The van der Waals surface area contributed by atoms with Crippen LogP contribution in [0.4, 0.5) is 17.1 Å². The lowest BCUT2D eigenvalue weighted by Gasteiger charge is -2.26. The molecule has 58 heavy (non-hydrogen) atoms. The molecule has 11 rings (SSSR count). The standard InChI is InChI=1S/C56H37NO/c1-2-11-38(12-3-1)42-14-8-15-43(35-42)39-23-29-46(30-24-39)57(48-17-9-16-44(36-48)45-28-34-54-53-19-6-7-22-55(53)58-56(54)37-45)47-31-25-41(26-32-47)50-20-10-21-51-49-18-5-4-13-40(49)27-33-52(50)51/h1-37H. The number of para-hydroxylation sites is 1. The lowest BCUT2D eigenvalue weighted by atomic mass is 9.94. The van der Waals surface area contributed by atoms with E-state index in [1.165, 1.54) is 54.9 Å². The van der Waals surface area contributed by atoms with Gasteiger partial charge in [-0.15, -0.1) is 0 Å². The smallest absolute Gasteiger partial charge is 0.136 e. The summed E-state index contributed by atoms with van der Waals surface area (Å²) in [6.07, 6.45) is 0. The van der Waals surface area contributed by atoms with Crippen LogP contribution >= 0.6 is 0 Å². The number of furan rings is 1. The third-order valence-corrected chi connectivity index (χ3v) is 11.5.